The molecule has 160 valence electrons. The van der Waals surface area contributed by atoms with Crippen LogP contribution in [0.25, 0.3) is 0 Å². The minimum absolute atomic E-state index is 0.0102. The zero-order valence-corrected chi connectivity index (χ0v) is 20.4. The first-order chi connectivity index (χ1) is 14.5. The quantitative estimate of drug-likeness (QED) is 0.339. The average Bonchev–Trinajstić information content (AvgIpc) is 3.20. The van der Waals surface area contributed by atoms with Crippen LogP contribution < -0.4 is 0 Å². The molecule has 0 aliphatic carbocycles. The lowest BCUT2D eigenvalue weighted by molar-refractivity contribution is -0.119. The second kappa shape index (κ2) is 11.3. The van der Waals surface area contributed by atoms with E-state index in [4.69, 9.17) is 4.74 Å². The van der Waals surface area contributed by atoms with Crippen LogP contribution in [0, 0.1) is 3.57 Å². The molecule has 0 spiro atoms. The van der Waals surface area contributed by atoms with Gasteiger partial charge in [0.2, 0.25) is 0 Å². The van der Waals surface area contributed by atoms with Crippen LogP contribution in [0.15, 0.2) is 36.4 Å². The molecule has 1 fully saturated rings. The van der Waals surface area contributed by atoms with E-state index in [1.807, 2.05) is 35.3 Å². The third-order valence-electron chi connectivity index (χ3n) is 4.68. The second-order valence-corrected chi connectivity index (χ2v) is 10.3. The van der Waals surface area contributed by atoms with Crippen LogP contribution in [0.2, 0.25) is 0 Å². The molecule has 2 heterocycles. The van der Waals surface area contributed by atoms with E-state index in [9.17, 15) is 14.4 Å². The molecule has 1 aromatic carbocycles. The highest BCUT2D eigenvalue weighted by Crippen LogP contribution is 2.22. The van der Waals surface area contributed by atoms with Gasteiger partial charge < -0.3 is 4.74 Å². The predicted octanol–water partition coefficient (Wildman–Crippen LogP) is 4.27. The Bertz CT molecular complexity index is 918. The van der Waals surface area contributed by atoms with Gasteiger partial charge in [0, 0.05) is 53.1 Å². The van der Waals surface area contributed by atoms with Gasteiger partial charge in [0.1, 0.15) is 10.7 Å². The lowest BCUT2D eigenvalue weighted by atomic mass is 10.1. The molecule has 30 heavy (non-hydrogen) atoms. The third kappa shape index (κ3) is 6.53. The van der Waals surface area contributed by atoms with Crippen LogP contribution in [0.4, 0.5) is 4.79 Å². The van der Waals surface area contributed by atoms with Crippen LogP contribution in [0.5, 0.6) is 0 Å². The molecule has 1 aromatic heterocycles. The van der Waals surface area contributed by atoms with Crippen molar-refractivity contribution in [1.82, 2.24) is 10.0 Å². The molecule has 3 rings (SSSR count). The molecule has 0 radical (unpaired) electrons. The molecule has 0 bridgehead atoms. The molecular formula is C21H23IN2O4S2. The van der Waals surface area contributed by atoms with Crippen molar-refractivity contribution in [1.29, 1.82) is 0 Å². The summed E-state index contributed by atoms with van der Waals surface area (Å²) in [6, 6.07) is 11.6. The number of amides is 1. The second-order valence-electron chi connectivity index (χ2n) is 6.79. The molecular weight excluding hydrogens is 535 g/mol. The number of rotatable bonds is 9. The lowest BCUT2D eigenvalue weighted by Gasteiger charge is -2.37. The molecule has 1 aliphatic rings. The van der Waals surface area contributed by atoms with E-state index >= 15 is 0 Å². The minimum atomic E-state index is -0.343. The van der Waals surface area contributed by atoms with Gasteiger partial charge in [-0.25, -0.2) is 9.80 Å². The smallest absolute Gasteiger partial charge is 0.348 e. The Balaban J connectivity index is 1.53. The van der Waals surface area contributed by atoms with E-state index in [1.54, 1.807) is 11.1 Å². The zero-order valence-electron chi connectivity index (χ0n) is 16.6. The van der Waals surface area contributed by atoms with Crippen molar-refractivity contribution in [3.8, 4) is 0 Å². The molecule has 9 heteroatoms. The van der Waals surface area contributed by atoms with Crippen molar-refractivity contribution < 1.29 is 19.1 Å². The standard InChI is InChI=1S/C21H23IN2O4S2/c1-28-20(26)19-6-5-18(30-19)8-10-24-21(27)29-12-11-23(24)9-7-17(25)14-15-3-2-4-16(22)13-15/h2-6,13H,7-12,14H2,1H3. The van der Waals surface area contributed by atoms with Gasteiger partial charge >= 0.3 is 5.97 Å². The highest BCUT2D eigenvalue weighted by Gasteiger charge is 2.27. The number of ether oxygens (including phenoxy) is 1. The first-order valence-corrected chi connectivity index (χ1v) is 12.5. The van der Waals surface area contributed by atoms with E-state index in [1.165, 1.54) is 30.2 Å². The van der Waals surface area contributed by atoms with Crippen molar-refractivity contribution in [2.24, 2.45) is 0 Å². The topological polar surface area (TPSA) is 66.9 Å². The maximum Gasteiger partial charge on any atom is 0.348 e. The Kier molecular flexibility index (Phi) is 8.72. The summed E-state index contributed by atoms with van der Waals surface area (Å²) in [7, 11) is 1.36. The Morgan fingerprint density at radius 2 is 2.03 bits per heavy atom. The summed E-state index contributed by atoms with van der Waals surface area (Å²) >= 11 is 4.93. The van der Waals surface area contributed by atoms with Crippen molar-refractivity contribution >= 4 is 62.7 Å². The van der Waals surface area contributed by atoms with E-state index in [0.717, 1.165) is 26.3 Å². The Morgan fingerprint density at radius 3 is 2.80 bits per heavy atom. The van der Waals surface area contributed by atoms with Gasteiger partial charge in [-0.1, -0.05) is 23.9 Å². The number of benzene rings is 1. The number of hydrogen-bond acceptors (Lipinski definition) is 7. The summed E-state index contributed by atoms with van der Waals surface area (Å²) in [5.41, 5.74) is 1.02. The van der Waals surface area contributed by atoms with Crippen molar-refractivity contribution in [2.75, 3.05) is 32.5 Å². The number of nitrogens with zero attached hydrogens (tertiary/aromatic N) is 2. The van der Waals surface area contributed by atoms with Crippen LogP contribution in [-0.2, 0) is 22.4 Å². The summed E-state index contributed by atoms with van der Waals surface area (Å²) in [5, 5.41) is 3.74. The van der Waals surface area contributed by atoms with Gasteiger partial charge in [-0.15, -0.1) is 11.3 Å². The van der Waals surface area contributed by atoms with Crippen molar-refractivity contribution in [3.63, 3.8) is 0 Å². The molecule has 6 nitrogen and oxygen atoms in total. The van der Waals surface area contributed by atoms with Crippen molar-refractivity contribution in [3.05, 3.63) is 55.3 Å². The number of thioether (sulfide) groups is 1. The van der Waals surface area contributed by atoms with Crippen LogP contribution >= 0.6 is 45.7 Å². The molecule has 0 atom stereocenters. The van der Waals surface area contributed by atoms with E-state index < -0.39 is 0 Å². The number of ketones is 1. The number of thiophene rings is 1. The van der Waals surface area contributed by atoms with Gasteiger partial charge in [-0.05, 0) is 52.4 Å². The number of Topliss-reactive ketones (excluding diaryl/α,β-unsaturated/α-hetero) is 1. The summed E-state index contributed by atoms with van der Waals surface area (Å²) in [5.74, 6) is 0.555. The van der Waals surface area contributed by atoms with Gasteiger partial charge in [-0.2, -0.15) is 0 Å². The van der Waals surface area contributed by atoms with E-state index in [2.05, 4.69) is 22.6 Å². The summed E-state index contributed by atoms with van der Waals surface area (Å²) in [6.07, 6.45) is 1.48. The fourth-order valence-electron chi connectivity index (χ4n) is 3.17. The number of hydrogen-bond donors (Lipinski definition) is 0. The van der Waals surface area contributed by atoms with Crippen molar-refractivity contribution in [2.45, 2.75) is 19.3 Å². The molecule has 1 aliphatic heterocycles. The van der Waals surface area contributed by atoms with Crippen LogP contribution in [0.1, 0.15) is 26.5 Å². The Labute approximate surface area is 198 Å². The molecule has 2 aromatic rings. The fourth-order valence-corrected chi connectivity index (χ4v) is 5.52. The first kappa shape index (κ1) is 23.2. The zero-order chi connectivity index (χ0) is 21.5. The van der Waals surface area contributed by atoms with Gasteiger partial charge in [0.05, 0.1) is 7.11 Å². The lowest BCUT2D eigenvalue weighted by Crippen LogP contribution is -2.50. The van der Waals surface area contributed by atoms with Crippen LogP contribution in [-0.4, -0.2) is 59.5 Å². The number of methoxy groups -OCH3 is 1. The Hall–Kier alpha value is -1.43. The number of carbonyl (C=O) groups is 3. The molecule has 1 amide bonds. The molecule has 0 saturated carbocycles. The monoisotopic (exact) mass is 558 g/mol. The summed E-state index contributed by atoms with van der Waals surface area (Å²) in [6.45, 7) is 1.80. The first-order valence-electron chi connectivity index (χ1n) is 9.58. The highest BCUT2D eigenvalue weighted by atomic mass is 127. The largest absolute Gasteiger partial charge is 0.465 e. The number of carbonyl (C=O) groups excluding carboxylic acids is 3. The maximum absolute atomic E-state index is 12.4. The Morgan fingerprint density at radius 1 is 1.20 bits per heavy atom. The van der Waals surface area contributed by atoms with Gasteiger partial charge in [-0.3, -0.25) is 14.6 Å². The van der Waals surface area contributed by atoms with Gasteiger partial charge in [0.15, 0.2) is 0 Å². The molecule has 1 saturated heterocycles. The minimum Gasteiger partial charge on any atom is -0.465 e. The SMILES string of the molecule is COC(=O)c1ccc(CCN2C(=O)SCCN2CCC(=O)Cc2cccc(I)c2)s1. The fraction of sp³-hybridized carbons (Fsp3) is 0.381. The third-order valence-corrected chi connectivity index (χ3v) is 7.32. The molecule has 0 N–H and O–H groups in total. The predicted molar refractivity (Wildman–Crippen MR) is 128 cm³/mol. The average molecular weight is 558 g/mol. The summed E-state index contributed by atoms with van der Waals surface area (Å²) in [4.78, 5) is 38.1. The van der Waals surface area contributed by atoms with E-state index in [-0.39, 0.29) is 17.0 Å². The number of hydrazine groups is 1. The number of esters is 1. The summed E-state index contributed by atoms with van der Waals surface area (Å²) < 4.78 is 5.86. The van der Waals surface area contributed by atoms with Gasteiger partial charge in [0.25, 0.3) is 5.24 Å². The normalized spacial score (nSPS) is 14.7. The van der Waals surface area contributed by atoms with E-state index in [0.29, 0.717) is 37.2 Å². The maximum atomic E-state index is 12.4. The highest BCUT2D eigenvalue weighted by molar-refractivity contribution is 14.1. The van der Waals surface area contributed by atoms with Crippen LogP contribution in [0.3, 0.4) is 0 Å². The number of halogens is 1. The molecule has 0 unspecified atom stereocenters.